The van der Waals surface area contributed by atoms with Crippen molar-refractivity contribution in [3.8, 4) is 0 Å². The lowest BCUT2D eigenvalue weighted by atomic mass is 10.0. The van der Waals surface area contributed by atoms with Crippen molar-refractivity contribution < 1.29 is 0 Å². The number of imidazole rings is 1. The SMILES string of the molecule is CC(C)CCCCNCC1Cc2nc[nH]c2CN1. The molecule has 2 rings (SSSR count). The summed E-state index contributed by atoms with van der Waals surface area (Å²) in [6.07, 6.45) is 6.82. The summed E-state index contributed by atoms with van der Waals surface area (Å²) in [5.41, 5.74) is 2.49. The van der Waals surface area contributed by atoms with E-state index in [-0.39, 0.29) is 0 Å². The van der Waals surface area contributed by atoms with Crippen LogP contribution in [0.3, 0.4) is 0 Å². The molecule has 4 heteroatoms. The second kappa shape index (κ2) is 6.90. The average Bonchev–Trinajstić information content (AvgIpc) is 2.80. The van der Waals surface area contributed by atoms with Crippen LogP contribution in [0.1, 0.15) is 44.5 Å². The number of fused-ring (bicyclic) bond motifs is 1. The summed E-state index contributed by atoms with van der Waals surface area (Å²) >= 11 is 0. The number of rotatable bonds is 7. The predicted octanol–water partition coefficient (Wildman–Crippen LogP) is 1.84. The molecule has 102 valence electrons. The Balaban J connectivity index is 1.56. The minimum atomic E-state index is 0.533. The number of H-pyrrole nitrogens is 1. The number of nitrogens with zero attached hydrogens (tertiary/aromatic N) is 1. The van der Waals surface area contributed by atoms with Crippen molar-refractivity contribution in [2.45, 2.75) is 52.1 Å². The van der Waals surface area contributed by atoms with E-state index in [1.807, 2.05) is 0 Å². The van der Waals surface area contributed by atoms with Crippen LogP contribution in [-0.4, -0.2) is 29.1 Å². The quantitative estimate of drug-likeness (QED) is 0.647. The van der Waals surface area contributed by atoms with Gasteiger partial charge in [-0.15, -0.1) is 0 Å². The van der Waals surface area contributed by atoms with Crippen LogP contribution in [0.15, 0.2) is 6.33 Å². The molecule has 1 atom stereocenters. The Bertz CT molecular complexity index is 345. The smallest absolute Gasteiger partial charge is 0.0925 e. The fourth-order valence-electron chi connectivity index (χ4n) is 2.45. The van der Waals surface area contributed by atoms with Crippen LogP contribution in [0.5, 0.6) is 0 Å². The van der Waals surface area contributed by atoms with Crippen LogP contribution < -0.4 is 10.6 Å². The molecular weight excluding hydrogens is 224 g/mol. The monoisotopic (exact) mass is 250 g/mol. The molecule has 3 N–H and O–H groups in total. The summed E-state index contributed by atoms with van der Waals surface area (Å²) in [6, 6.07) is 0.533. The first-order valence-corrected chi connectivity index (χ1v) is 7.21. The Morgan fingerprint density at radius 2 is 2.33 bits per heavy atom. The molecule has 0 bridgehead atoms. The second-order valence-electron chi connectivity index (χ2n) is 5.70. The van der Waals surface area contributed by atoms with Crippen molar-refractivity contribution in [1.29, 1.82) is 0 Å². The third-order valence-corrected chi connectivity index (χ3v) is 3.59. The average molecular weight is 250 g/mol. The van der Waals surface area contributed by atoms with Gasteiger partial charge in [-0.25, -0.2) is 4.98 Å². The Kier molecular flexibility index (Phi) is 5.20. The normalized spacial score (nSPS) is 19.2. The highest BCUT2D eigenvalue weighted by molar-refractivity contribution is 5.15. The zero-order valence-corrected chi connectivity index (χ0v) is 11.6. The maximum atomic E-state index is 4.36. The third-order valence-electron chi connectivity index (χ3n) is 3.59. The highest BCUT2D eigenvalue weighted by atomic mass is 15.0. The topological polar surface area (TPSA) is 52.7 Å². The van der Waals surface area contributed by atoms with Crippen molar-refractivity contribution in [3.63, 3.8) is 0 Å². The third kappa shape index (κ3) is 4.10. The van der Waals surface area contributed by atoms with Gasteiger partial charge >= 0.3 is 0 Å². The summed E-state index contributed by atoms with van der Waals surface area (Å²) in [6.45, 7) is 7.70. The molecule has 4 nitrogen and oxygen atoms in total. The Morgan fingerprint density at radius 3 is 3.17 bits per heavy atom. The minimum absolute atomic E-state index is 0.533. The van der Waals surface area contributed by atoms with E-state index in [1.54, 1.807) is 6.33 Å². The molecule has 0 spiro atoms. The maximum Gasteiger partial charge on any atom is 0.0925 e. The lowest BCUT2D eigenvalue weighted by Gasteiger charge is -2.23. The number of aromatic nitrogens is 2. The molecule has 2 heterocycles. The van der Waals surface area contributed by atoms with Crippen molar-refractivity contribution in [1.82, 2.24) is 20.6 Å². The van der Waals surface area contributed by atoms with E-state index in [0.717, 1.165) is 32.0 Å². The first-order valence-electron chi connectivity index (χ1n) is 7.21. The lowest BCUT2D eigenvalue weighted by molar-refractivity contribution is 0.434. The van der Waals surface area contributed by atoms with E-state index in [1.165, 1.54) is 30.7 Å². The van der Waals surface area contributed by atoms with Crippen LogP contribution >= 0.6 is 0 Å². The van der Waals surface area contributed by atoms with Gasteiger partial charge in [-0.05, 0) is 18.9 Å². The summed E-state index contributed by atoms with van der Waals surface area (Å²) in [4.78, 5) is 7.54. The molecule has 0 amide bonds. The van der Waals surface area contributed by atoms with Crippen LogP contribution in [0.25, 0.3) is 0 Å². The van der Waals surface area contributed by atoms with Gasteiger partial charge in [-0.3, -0.25) is 0 Å². The van der Waals surface area contributed by atoms with Crippen molar-refractivity contribution in [2.75, 3.05) is 13.1 Å². The van der Waals surface area contributed by atoms with Crippen LogP contribution in [-0.2, 0) is 13.0 Å². The van der Waals surface area contributed by atoms with Gasteiger partial charge in [0, 0.05) is 25.6 Å². The molecule has 1 unspecified atom stereocenters. The lowest BCUT2D eigenvalue weighted by Crippen LogP contribution is -2.43. The Morgan fingerprint density at radius 1 is 1.44 bits per heavy atom. The van der Waals surface area contributed by atoms with Crippen molar-refractivity contribution in [2.24, 2.45) is 5.92 Å². The van der Waals surface area contributed by atoms with Crippen LogP contribution in [0.2, 0.25) is 0 Å². The van der Waals surface area contributed by atoms with Gasteiger partial charge in [0.1, 0.15) is 0 Å². The van der Waals surface area contributed by atoms with Gasteiger partial charge in [0.2, 0.25) is 0 Å². The molecule has 0 aromatic carbocycles. The van der Waals surface area contributed by atoms with Gasteiger partial charge in [0.25, 0.3) is 0 Å². The molecule has 18 heavy (non-hydrogen) atoms. The maximum absolute atomic E-state index is 4.36. The molecule has 1 aliphatic heterocycles. The van der Waals surface area contributed by atoms with E-state index >= 15 is 0 Å². The highest BCUT2D eigenvalue weighted by Crippen LogP contribution is 2.11. The standard InChI is InChI=1S/C14H26N4/c1-11(2)5-3-4-6-15-8-12-7-13-14(9-16-12)18-10-17-13/h10-12,15-16H,3-9H2,1-2H3,(H,17,18). The predicted molar refractivity (Wildman–Crippen MR) is 74.5 cm³/mol. The first-order chi connectivity index (χ1) is 8.75. The summed E-state index contributed by atoms with van der Waals surface area (Å²) in [5, 5.41) is 7.09. The summed E-state index contributed by atoms with van der Waals surface area (Å²) < 4.78 is 0. The number of hydrogen-bond donors (Lipinski definition) is 3. The van der Waals surface area contributed by atoms with Gasteiger partial charge < -0.3 is 15.6 Å². The van der Waals surface area contributed by atoms with Gasteiger partial charge in [-0.1, -0.05) is 26.7 Å². The van der Waals surface area contributed by atoms with E-state index in [4.69, 9.17) is 0 Å². The van der Waals surface area contributed by atoms with Gasteiger partial charge in [0.05, 0.1) is 17.7 Å². The Labute approximate surface area is 110 Å². The zero-order chi connectivity index (χ0) is 12.8. The molecule has 0 saturated heterocycles. The Hall–Kier alpha value is -0.870. The molecule has 0 fully saturated rings. The fourth-order valence-corrected chi connectivity index (χ4v) is 2.45. The molecule has 1 aliphatic rings. The highest BCUT2D eigenvalue weighted by Gasteiger charge is 2.18. The van der Waals surface area contributed by atoms with Gasteiger partial charge in [-0.2, -0.15) is 0 Å². The second-order valence-corrected chi connectivity index (χ2v) is 5.70. The number of nitrogens with one attached hydrogen (secondary N) is 3. The van der Waals surface area contributed by atoms with Crippen molar-refractivity contribution >= 4 is 0 Å². The number of aromatic amines is 1. The molecule has 1 aromatic rings. The van der Waals surface area contributed by atoms with Crippen LogP contribution in [0, 0.1) is 5.92 Å². The summed E-state index contributed by atoms with van der Waals surface area (Å²) in [5.74, 6) is 0.836. The number of unbranched alkanes of at least 4 members (excludes halogenated alkanes) is 1. The molecule has 0 saturated carbocycles. The van der Waals surface area contributed by atoms with E-state index in [0.29, 0.717) is 6.04 Å². The molecule has 0 aliphatic carbocycles. The van der Waals surface area contributed by atoms with Gasteiger partial charge in [0.15, 0.2) is 0 Å². The van der Waals surface area contributed by atoms with E-state index < -0.39 is 0 Å². The largest absolute Gasteiger partial charge is 0.347 e. The van der Waals surface area contributed by atoms with Crippen LogP contribution in [0.4, 0.5) is 0 Å². The minimum Gasteiger partial charge on any atom is -0.347 e. The van der Waals surface area contributed by atoms with E-state index in [9.17, 15) is 0 Å². The summed E-state index contributed by atoms with van der Waals surface area (Å²) in [7, 11) is 0. The fraction of sp³-hybridized carbons (Fsp3) is 0.786. The van der Waals surface area contributed by atoms with Crippen molar-refractivity contribution in [3.05, 3.63) is 17.7 Å². The first kappa shape index (κ1) is 13.6. The zero-order valence-electron chi connectivity index (χ0n) is 11.6. The number of hydrogen-bond acceptors (Lipinski definition) is 3. The molecule has 0 radical (unpaired) electrons. The molecular formula is C14H26N4. The molecule has 1 aromatic heterocycles. The van der Waals surface area contributed by atoms with E-state index in [2.05, 4.69) is 34.4 Å².